The molecule has 0 unspecified atom stereocenters. The smallest absolute Gasteiger partial charge is 0.339 e. The van der Waals surface area contributed by atoms with Gasteiger partial charge in [0.2, 0.25) is 0 Å². The molecule has 0 aliphatic heterocycles. The maximum absolute atomic E-state index is 13.9. The molecule has 2 N–H and O–H groups in total. The van der Waals surface area contributed by atoms with Gasteiger partial charge in [-0.2, -0.15) is 22.8 Å². The summed E-state index contributed by atoms with van der Waals surface area (Å²) in [5.74, 6) is -0.327. The van der Waals surface area contributed by atoms with E-state index in [2.05, 4.69) is 15.4 Å². The predicted octanol–water partition coefficient (Wildman–Crippen LogP) is 6.28. The van der Waals surface area contributed by atoms with Crippen molar-refractivity contribution in [1.29, 1.82) is 0 Å². The number of hydrogen-bond donors (Lipinski definition) is 2. The van der Waals surface area contributed by atoms with E-state index < -0.39 is 17.4 Å². The molecule has 2 aromatic heterocycles. The number of carbonyl (C=O) groups is 1. The lowest BCUT2D eigenvalue weighted by Crippen LogP contribution is -2.15. The number of carbonyl (C=O) groups excluding carboxylic acids is 1. The first kappa shape index (κ1) is 23.4. The van der Waals surface area contributed by atoms with Gasteiger partial charge in [0.25, 0.3) is 11.5 Å². The third kappa shape index (κ3) is 4.48. The lowest BCUT2D eigenvalue weighted by atomic mass is 10.1. The Morgan fingerprint density at radius 2 is 1.64 bits per heavy atom. The van der Waals surface area contributed by atoms with E-state index >= 15 is 0 Å². The molecule has 0 fully saturated rings. The maximum Gasteiger partial charge on any atom is 0.435 e. The Kier molecular flexibility index (Phi) is 5.85. The number of aromatic nitrogens is 3. The number of H-pyrrole nitrogens is 1. The van der Waals surface area contributed by atoms with Gasteiger partial charge in [-0.3, -0.25) is 9.59 Å². The third-order valence-electron chi connectivity index (χ3n) is 5.48. The quantitative estimate of drug-likeness (QED) is 0.300. The molecule has 0 bridgehead atoms. The van der Waals surface area contributed by atoms with Gasteiger partial charge in [0.15, 0.2) is 5.69 Å². The van der Waals surface area contributed by atoms with Gasteiger partial charge in [0, 0.05) is 27.9 Å². The molecule has 0 atom stereocenters. The van der Waals surface area contributed by atoms with Gasteiger partial charge >= 0.3 is 6.18 Å². The van der Waals surface area contributed by atoms with Gasteiger partial charge in [0.1, 0.15) is 5.65 Å². The summed E-state index contributed by atoms with van der Waals surface area (Å²) in [6, 6.07) is 22.2. The summed E-state index contributed by atoms with van der Waals surface area (Å²) in [4.78, 5) is 28.3. The molecule has 2 heterocycles. The molecule has 0 saturated heterocycles. The molecule has 1 amide bonds. The van der Waals surface area contributed by atoms with Gasteiger partial charge in [-0.1, -0.05) is 54.1 Å². The van der Waals surface area contributed by atoms with Crippen LogP contribution < -0.4 is 10.9 Å². The van der Waals surface area contributed by atoms with Gasteiger partial charge in [-0.05, 0) is 42.0 Å². The fourth-order valence-electron chi connectivity index (χ4n) is 3.84. The van der Waals surface area contributed by atoms with Crippen LogP contribution in [0.4, 0.5) is 18.9 Å². The molecular weight excluding hydrogens is 493 g/mol. The zero-order valence-electron chi connectivity index (χ0n) is 18.3. The average molecular weight is 509 g/mol. The first-order valence-electron chi connectivity index (χ1n) is 10.7. The van der Waals surface area contributed by atoms with Gasteiger partial charge in [-0.25, -0.2) is 0 Å². The van der Waals surface area contributed by atoms with Crippen molar-refractivity contribution >= 4 is 28.8 Å². The second-order valence-electron chi connectivity index (χ2n) is 7.91. The van der Waals surface area contributed by atoms with E-state index in [0.29, 0.717) is 26.4 Å². The fourth-order valence-corrected chi connectivity index (χ4v) is 3.97. The van der Waals surface area contributed by atoms with E-state index in [1.807, 2.05) is 0 Å². The van der Waals surface area contributed by atoms with Crippen molar-refractivity contribution in [3.05, 3.63) is 112 Å². The van der Waals surface area contributed by atoms with Crippen LogP contribution >= 0.6 is 11.6 Å². The van der Waals surface area contributed by atoms with Crippen LogP contribution in [0, 0.1) is 0 Å². The number of fused-ring (bicyclic) bond motifs is 1. The van der Waals surface area contributed by atoms with E-state index in [9.17, 15) is 22.8 Å². The lowest BCUT2D eigenvalue weighted by molar-refractivity contribution is -0.140. The van der Waals surface area contributed by atoms with Crippen molar-refractivity contribution in [3.63, 3.8) is 0 Å². The van der Waals surface area contributed by atoms with E-state index in [1.54, 1.807) is 54.6 Å². The normalized spacial score (nSPS) is 11.6. The zero-order chi connectivity index (χ0) is 25.4. The number of nitrogens with zero attached hydrogens (tertiary/aromatic N) is 2. The van der Waals surface area contributed by atoms with Crippen LogP contribution in [-0.4, -0.2) is 20.5 Å². The first-order valence-corrected chi connectivity index (χ1v) is 11.0. The summed E-state index contributed by atoms with van der Waals surface area (Å²) >= 11 is 5.91. The van der Waals surface area contributed by atoms with Crippen LogP contribution in [-0.2, 0) is 6.18 Å². The molecule has 0 aliphatic rings. The second-order valence-corrected chi connectivity index (χ2v) is 8.35. The van der Waals surface area contributed by atoms with Crippen molar-refractivity contribution in [3.8, 4) is 22.4 Å². The molecule has 180 valence electrons. The van der Waals surface area contributed by atoms with Gasteiger partial charge < -0.3 is 10.3 Å². The minimum atomic E-state index is -4.80. The van der Waals surface area contributed by atoms with E-state index in [-0.39, 0.29) is 28.4 Å². The zero-order valence-corrected chi connectivity index (χ0v) is 19.1. The van der Waals surface area contributed by atoms with Crippen LogP contribution in [0.15, 0.2) is 89.7 Å². The Morgan fingerprint density at radius 3 is 2.33 bits per heavy atom. The molecule has 10 heteroatoms. The molecule has 0 saturated carbocycles. The maximum atomic E-state index is 13.9. The number of amides is 1. The monoisotopic (exact) mass is 508 g/mol. The summed E-state index contributed by atoms with van der Waals surface area (Å²) in [6.07, 6.45) is -4.80. The van der Waals surface area contributed by atoms with Crippen molar-refractivity contribution in [2.24, 2.45) is 0 Å². The number of alkyl halides is 3. The summed E-state index contributed by atoms with van der Waals surface area (Å²) in [7, 11) is 0. The van der Waals surface area contributed by atoms with Gasteiger partial charge in [-0.15, -0.1) is 0 Å². The highest BCUT2D eigenvalue weighted by Crippen LogP contribution is 2.38. The van der Waals surface area contributed by atoms with Crippen LogP contribution in [0.2, 0.25) is 5.02 Å². The number of halogens is 4. The molecule has 0 spiro atoms. The van der Waals surface area contributed by atoms with E-state index in [4.69, 9.17) is 11.6 Å². The Bertz CT molecular complexity index is 1640. The highest BCUT2D eigenvalue weighted by molar-refractivity contribution is 6.30. The van der Waals surface area contributed by atoms with Crippen LogP contribution in [0.3, 0.4) is 0 Å². The number of rotatable bonds is 4. The Hall–Kier alpha value is -4.37. The molecule has 0 radical (unpaired) electrons. The first-order chi connectivity index (χ1) is 17.2. The largest absolute Gasteiger partial charge is 0.435 e. The standard InChI is InChI=1S/C26H16ClF3N4O2/c27-18-11-9-15(10-12-18)22-23(26(28,29)30)33-34-21(35)14-20(32-24(22)34)17-7-4-8-19(13-17)31-25(36)16-5-2-1-3-6-16/h1-14,32H,(H,31,36). The second kappa shape index (κ2) is 9.01. The molecule has 5 aromatic rings. The van der Waals surface area contributed by atoms with E-state index in [1.165, 1.54) is 24.3 Å². The summed E-state index contributed by atoms with van der Waals surface area (Å²) in [5, 5.41) is 6.70. The third-order valence-corrected chi connectivity index (χ3v) is 5.74. The molecular formula is C26H16ClF3N4O2. The number of nitrogens with one attached hydrogen (secondary N) is 2. The van der Waals surface area contributed by atoms with Gasteiger partial charge in [0.05, 0.1) is 11.3 Å². The Labute approximate surface area is 207 Å². The minimum absolute atomic E-state index is 0.120. The topological polar surface area (TPSA) is 79.3 Å². The van der Waals surface area contributed by atoms with Crippen molar-refractivity contribution in [1.82, 2.24) is 14.6 Å². The van der Waals surface area contributed by atoms with Crippen LogP contribution in [0.5, 0.6) is 0 Å². The molecule has 3 aromatic carbocycles. The molecule has 6 nitrogen and oxygen atoms in total. The highest BCUT2D eigenvalue weighted by Gasteiger charge is 2.39. The highest BCUT2D eigenvalue weighted by atomic mass is 35.5. The average Bonchev–Trinajstić information content (AvgIpc) is 3.26. The number of anilines is 1. The molecule has 36 heavy (non-hydrogen) atoms. The fraction of sp³-hybridized carbons (Fsp3) is 0.0385. The van der Waals surface area contributed by atoms with Crippen LogP contribution in [0.1, 0.15) is 16.1 Å². The number of benzene rings is 3. The van der Waals surface area contributed by atoms with Crippen molar-refractivity contribution in [2.45, 2.75) is 6.18 Å². The molecule has 0 aliphatic carbocycles. The summed E-state index contributed by atoms with van der Waals surface area (Å²) in [5.41, 5.74) is -0.489. The minimum Gasteiger partial charge on any atom is -0.339 e. The van der Waals surface area contributed by atoms with Crippen molar-refractivity contribution in [2.75, 3.05) is 5.32 Å². The summed E-state index contributed by atoms with van der Waals surface area (Å²) < 4.78 is 42.3. The predicted molar refractivity (Wildman–Crippen MR) is 131 cm³/mol. The number of hydrogen-bond acceptors (Lipinski definition) is 3. The molecule has 5 rings (SSSR count). The van der Waals surface area contributed by atoms with Crippen LogP contribution in [0.25, 0.3) is 28.0 Å². The lowest BCUT2D eigenvalue weighted by Gasteiger charge is -2.09. The number of aromatic amines is 1. The Morgan fingerprint density at radius 1 is 0.917 bits per heavy atom. The Balaban J connectivity index is 1.62. The summed E-state index contributed by atoms with van der Waals surface area (Å²) in [6.45, 7) is 0. The van der Waals surface area contributed by atoms with Crippen molar-refractivity contribution < 1.29 is 18.0 Å². The van der Waals surface area contributed by atoms with E-state index in [0.717, 1.165) is 6.07 Å². The SMILES string of the molecule is O=C(Nc1cccc(-c2cc(=O)n3nc(C(F)(F)F)c(-c4ccc(Cl)cc4)c3[nH]2)c1)c1ccccc1.